The second kappa shape index (κ2) is 6.53. The van der Waals surface area contributed by atoms with Crippen LogP contribution in [0.4, 0.5) is 0 Å². The minimum absolute atomic E-state index is 0.203. The molecule has 18 heavy (non-hydrogen) atoms. The molecule has 0 radical (unpaired) electrons. The average molecular weight is 254 g/mol. The maximum absolute atomic E-state index is 11.8. The first kappa shape index (κ1) is 13.8. The Morgan fingerprint density at radius 3 is 2.50 bits per heavy atom. The van der Waals surface area contributed by atoms with Gasteiger partial charge in [-0.25, -0.2) is 0 Å². The van der Waals surface area contributed by atoms with E-state index in [0.717, 1.165) is 51.7 Å². The van der Waals surface area contributed by atoms with Crippen LogP contribution in [0.15, 0.2) is 0 Å². The van der Waals surface area contributed by atoms with Gasteiger partial charge in [-0.05, 0) is 32.1 Å². The molecule has 0 aromatic carbocycles. The Hall–Kier alpha value is -0.610. The van der Waals surface area contributed by atoms with Crippen LogP contribution in [-0.4, -0.2) is 47.7 Å². The predicted molar refractivity (Wildman–Crippen MR) is 71.2 cm³/mol. The van der Waals surface area contributed by atoms with E-state index in [0.29, 0.717) is 12.0 Å². The Labute approximate surface area is 110 Å². The first-order chi connectivity index (χ1) is 8.69. The monoisotopic (exact) mass is 254 g/mol. The molecule has 2 fully saturated rings. The molecule has 104 valence electrons. The first-order valence-corrected chi connectivity index (χ1v) is 7.39. The summed E-state index contributed by atoms with van der Waals surface area (Å²) in [4.78, 5) is 14.1. The van der Waals surface area contributed by atoms with Crippen molar-refractivity contribution in [3.63, 3.8) is 0 Å². The van der Waals surface area contributed by atoms with Crippen LogP contribution >= 0.6 is 0 Å². The molecular weight excluding hydrogens is 228 g/mol. The molecule has 1 aliphatic heterocycles. The van der Waals surface area contributed by atoms with Gasteiger partial charge >= 0.3 is 0 Å². The number of piperidine rings is 1. The van der Waals surface area contributed by atoms with E-state index in [1.807, 2.05) is 6.92 Å². The Morgan fingerprint density at radius 2 is 2.00 bits per heavy atom. The molecule has 1 saturated carbocycles. The van der Waals surface area contributed by atoms with E-state index in [9.17, 15) is 9.90 Å². The zero-order chi connectivity index (χ0) is 13.0. The number of nitrogens with zero attached hydrogens (tertiary/aromatic N) is 1. The van der Waals surface area contributed by atoms with Crippen molar-refractivity contribution in [3.8, 4) is 0 Å². The van der Waals surface area contributed by atoms with Gasteiger partial charge in [-0.1, -0.05) is 13.3 Å². The van der Waals surface area contributed by atoms with Gasteiger partial charge < -0.3 is 15.3 Å². The summed E-state index contributed by atoms with van der Waals surface area (Å²) in [5.74, 6) is 0.568. The van der Waals surface area contributed by atoms with E-state index in [4.69, 9.17) is 0 Å². The molecule has 1 amide bonds. The number of carbonyl (C=O) groups is 1. The second-order valence-electron chi connectivity index (χ2n) is 5.77. The number of carbonyl (C=O) groups excluding carboxylic acids is 1. The van der Waals surface area contributed by atoms with Crippen molar-refractivity contribution in [1.82, 2.24) is 10.2 Å². The molecule has 4 heteroatoms. The number of β-amino-alcohol motifs (C(OH)–C–C–N with tert-alkyl or cyclic N) is 1. The van der Waals surface area contributed by atoms with Crippen LogP contribution in [0, 0.1) is 5.92 Å². The Bertz CT molecular complexity index is 271. The molecular formula is C14H26N2O2. The van der Waals surface area contributed by atoms with Crippen molar-refractivity contribution in [3.05, 3.63) is 0 Å². The zero-order valence-corrected chi connectivity index (χ0v) is 11.4. The molecule has 0 bridgehead atoms. The van der Waals surface area contributed by atoms with Crippen molar-refractivity contribution < 1.29 is 9.90 Å². The molecule has 2 N–H and O–H groups in total. The quantitative estimate of drug-likeness (QED) is 0.773. The van der Waals surface area contributed by atoms with Crippen molar-refractivity contribution >= 4 is 5.91 Å². The van der Waals surface area contributed by atoms with Crippen LogP contribution in [0.25, 0.3) is 0 Å². The standard InChI is InChI=1S/C14H26N2O2/c1-2-13(17)10-16-8-6-12(7-9-16)15-14(18)11-4-3-5-11/h11-13,17H,2-10H2,1H3,(H,15,18)/t13-/m1/s1. The lowest BCUT2D eigenvalue weighted by atomic mass is 9.84. The summed E-state index contributed by atoms with van der Waals surface area (Å²) in [5.41, 5.74) is 0. The fourth-order valence-corrected chi connectivity index (χ4v) is 2.68. The fraction of sp³-hybridized carbons (Fsp3) is 0.929. The highest BCUT2D eigenvalue weighted by atomic mass is 16.3. The lowest BCUT2D eigenvalue weighted by Crippen LogP contribution is -2.48. The van der Waals surface area contributed by atoms with Crippen molar-refractivity contribution in [2.24, 2.45) is 5.92 Å². The van der Waals surface area contributed by atoms with Gasteiger partial charge in [0.05, 0.1) is 6.10 Å². The summed E-state index contributed by atoms with van der Waals surface area (Å²) in [6.07, 6.45) is 6.03. The third-order valence-electron chi connectivity index (χ3n) is 4.35. The first-order valence-electron chi connectivity index (χ1n) is 7.39. The third-order valence-corrected chi connectivity index (χ3v) is 4.35. The van der Waals surface area contributed by atoms with Crippen molar-refractivity contribution in [2.45, 2.75) is 57.6 Å². The van der Waals surface area contributed by atoms with E-state index >= 15 is 0 Å². The van der Waals surface area contributed by atoms with Crippen LogP contribution < -0.4 is 5.32 Å². The van der Waals surface area contributed by atoms with Gasteiger partial charge in [0.25, 0.3) is 0 Å². The van der Waals surface area contributed by atoms with Crippen LogP contribution in [-0.2, 0) is 4.79 Å². The number of aliphatic hydroxyl groups excluding tert-OH is 1. The van der Waals surface area contributed by atoms with Gasteiger partial charge in [0.2, 0.25) is 5.91 Å². The summed E-state index contributed by atoms with van der Waals surface area (Å²) >= 11 is 0. The van der Waals surface area contributed by atoms with Gasteiger partial charge in [-0.15, -0.1) is 0 Å². The van der Waals surface area contributed by atoms with Crippen LogP contribution in [0.3, 0.4) is 0 Å². The van der Waals surface area contributed by atoms with Crippen LogP contribution in [0.1, 0.15) is 45.4 Å². The number of amides is 1. The predicted octanol–water partition coefficient (Wildman–Crippen LogP) is 1.14. The fourth-order valence-electron chi connectivity index (χ4n) is 2.68. The highest BCUT2D eigenvalue weighted by molar-refractivity contribution is 5.79. The van der Waals surface area contributed by atoms with Gasteiger partial charge in [0.15, 0.2) is 0 Å². The van der Waals surface area contributed by atoms with Crippen LogP contribution in [0.5, 0.6) is 0 Å². The normalized spacial score (nSPS) is 24.6. The third kappa shape index (κ3) is 3.69. The summed E-state index contributed by atoms with van der Waals surface area (Å²) < 4.78 is 0. The minimum Gasteiger partial charge on any atom is -0.392 e. The highest BCUT2D eigenvalue weighted by Gasteiger charge is 2.28. The Morgan fingerprint density at radius 1 is 1.33 bits per heavy atom. The summed E-state index contributed by atoms with van der Waals surface area (Å²) in [6, 6.07) is 0.355. The van der Waals surface area contributed by atoms with E-state index in [1.165, 1.54) is 6.42 Å². The zero-order valence-electron chi connectivity index (χ0n) is 11.4. The molecule has 1 atom stereocenters. The van der Waals surface area contributed by atoms with E-state index in [-0.39, 0.29) is 12.0 Å². The van der Waals surface area contributed by atoms with E-state index in [1.54, 1.807) is 0 Å². The molecule has 0 unspecified atom stereocenters. The highest BCUT2D eigenvalue weighted by Crippen LogP contribution is 2.26. The molecule has 1 aliphatic carbocycles. The molecule has 1 saturated heterocycles. The molecule has 4 nitrogen and oxygen atoms in total. The topological polar surface area (TPSA) is 52.6 Å². The van der Waals surface area contributed by atoms with Gasteiger partial charge in [0, 0.05) is 31.6 Å². The summed E-state index contributed by atoms with van der Waals surface area (Å²) in [5, 5.41) is 12.8. The molecule has 0 aromatic heterocycles. The molecule has 2 rings (SSSR count). The number of aliphatic hydroxyl groups is 1. The Balaban J connectivity index is 1.65. The van der Waals surface area contributed by atoms with E-state index in [2.05, 4.69) is 10.2 Å². The van der Waals surface area contributed by atoms with E-state index < -0.39 is 0 Å². The van der Waals surface area contributed by atoms with Crippen LogP contribution in [0.2, 0.25) is 0 Å². The SMILES string of the molecule is CC[C@@H](O)CN1CCC(NC(=O)C2CCC2)CC1. The largest absolute Gasteiger partial charge is 0.392 e. The molecule has 1 heterocycles. The number of likely N-dealkylation sites (tertiary alicyclic amines) is 1. The number of rotatable bonds is 5. The van der Waals surface area contributed by atoms with Gasteiger partial charge in [-0.3, -0.25) is 4.79 Å². The maximum atomic E-state index is 11.8. The number of hydrogen-bond acceptors (Lipinski definition) is 3. The van der Waals surface area contributed by atoms with Crippen molar-refractivity contribution in [2.75, 3.05) is 19.6 Å². The lowest BCUT2D eigenvalue weighted by molar-refractivity contribution is -0.128. The number of hydrogen-bond donors (Lipinski definition) is 2. The Kier molecular flexibility index (Phi) is 5.01. The number of nitrogens with one attached hydrogen (secondary N) is 1. The molecule has 0 spiro atoms. The lowest BCUT2D eigenvalue weighted by Gasteiger charge is -2.34. The average Bonchev–Trinajstić information content (AvgIpc) is 2.29. The van der Waals surface area contributed by atoms with Crippen molar-refractivity contribution in [1.29, 1.82) is 0 Å². The maximum Gasteiger partial charge on any atom is 0.223 e. The van der Waals surface area contributed by atoms with Gasteiger partial charge in [-0.2, -0.15) is 0 Å². The summed E-state index contributed by atoms with van der Waals surface area (Å²) in [6.45, 7) is 4.77. The smallest absolute Gasteiger partial charge is 0.223 e. The minimum atomic E-state index is -0.203. The molecule has 0 aromatic rings. The molecule has 2 aliphatic rings. The van der Waals surface area contributed by atoms with Gasteiger partial charge in [0.1, 0.15) is 0 Å². The summed E-state index contributed by atoms with van der Waals surface area (Å²) in [7, 11) is 0. The second-order valence-corrected chi connectivity index (χ2v) is 5.77.